The molecule has 2 aromatic carbocycles. The monoisotopic (exact) mass is 308 g/mol. The molecule has 1 nitrogen and oxygen atoms in total. The predicted octanol–water partition coefficient (Wildman–Crippen LogP) is 5.90. The molecule has 0 aliphatic carbocycles. The van der Waals surface area contributed by atoms with Gasteiger partial charge in [0.1, 0.15) is 5.75 Å². The summed E-state index contributed by atoms with van der Waals surface area (Å²) in [6, 6.07) is 11.5. The van der Waals surface area contributed by atoms with Crippen molar-refractivity contribution in [2.24, 2.45) is 0 Å². The summed E-state index contributed by atoms with van der Waals surface area (Å²) < 4.78 is 6.19. The molecule has 1 aliphatic rings. The highest BCUT2D eigenvalue weighted by Gasteiger charge is 2.30. The van der Waals surface area contributed by atoms with E-state index in [-0.39, 0.29) is 0 Å². The molecule has 0 radical (unpaired) electrons. The Kier molecular flexibility index (Phi) is 4.48. The molecule has 0 spiro atoms. The van der Waals surface area contributed by atoms with Crippen LogP contribution in [0.2, 0.25) is 0 Å². The third-order valence-corrected chi connectivity index (χ3v) is 5.10. The van der Waals surface area contributed by atoms with Gasteiger partial charge in [-0.05, 0) is 54.0 Å². The first-order chi connectivity index (χ1) is 11.0. The minimum Gasteiger partial charge on any atom is -0.492 e. The van der Waals surface area contributed by atoms with Gasteiger partial charge in [0, 0.05) is 11.5 Å². The maximum atomic E-state index is 6.19. The number of ether oxygens (including phenoxy) is 1. The Morgan fingerprint density at radius 2 is 1.78 bits per heavy atom. The van der Waals surface area contributed by atoms with Crippen LogP contribution in [0.5, 0.6) is 5.75 Å². The normalized spacial score (nSPS) is 16.5. The molecule has 3 rings (SSSR count). The lowest BCUT2D eigenvalue weighted by atomic mass is 9.86. The SMILES string of the molecule is CCCc1c(C)cc(C)c2c1OC[C@@H]2c1ccc(C(C)C)cc1. The smallest absolute Gasteiger partial charge is 0.126 e. The zero-order valence-corrected chi connectivity index (χ0v) is 15.1. The first-order valence-corrected chi connectivity index (χ1v) is 8.88. The number of aryl methyl sites for hydroxylation is 2. The summed E-state index contributed by atoms with van der Waals surface area (Å²) in [5, 5.41) is 0. The van der Waals surface area contributed by atoms with E-state index in [9.17, 15) is 0 Å². The molecule has 1 heterocycles. The molecular formula is C22H28O. The molecule has 0 aromatic heterocycles. The second-order valence-electron chi connectivity index (χ2n) is 7.17. The predicted molar refractivity (Wildman–Crippen MR) is 97.8 cm³/mol. The Morgan fingerprint density at radius 1 is 1.09 bits per heavy atom. The zero-order valence-electron chi connectivity index (χ0n) is 15.1. The molecule has 0 fully saturated rings. The van der Waals surface area contributed by atoms with Gasteiger partial charge in [-0.1, -0.05) is 57.5 Å². The van der Waals surface area contributed by atoms with E-state index in [1.165, 1.54) is 39.1 Å². The van der Waals surface area contributed by atoms with E-state index in [2.05, 4.69) is 65.0 Å². The van der Waals surface area contributed by atoms with Crippen LogP contribution in [0.4, 0.5) is 0 Å². The second-order valence-corrected chi connectivity index (χ2v) is 7.17. The van der Waals surface area contributed by atoms with Crippen molar-refractivity contribution < 1.29 is 4.74 Å². The van der Waals surface area contributed by atoms with Crippen LogP contribution in [0, 0.1) is 13.8 Å². The van der Waals surface area contributed by atoms with Gasteiger partial charge in [0.15, 0.2) is 0 Å². The van der Waals surface area contributed by atoms with Gasteiger partial charge >= 0.3 is 0 Å². The molecule has 122 valence electrons. The van der Waals surface area contributed by atoms with Crippen molar-refractivity contribution in [1.29, 1.82) is 0 Å². The second kappa shape index (κ2) is 6.39. The van der Waals surface area contributed by atoms with Crippen molar-refractivity contribution in [2.45, 2.75) is 59.3 Å². The highest BCUT2D eigenvalue weighted by molar-refractivity contribution is 5.57. The van der Waals surface area contributed by atoms with Gasteiger partial charge < -0.3 is 4.74 Å². The molecule has 23 heavy (non-hydrogen) atoms. The highest BCUT2D eigenvalue weighted by atomic mass is 16.5. The lowest BCUT2D eigenvalue weighted by molar-refractivity contribution is 0.339. The van der Waals surface area contributed by atoms with E-state index >= 15 is 0 Å². The summed E-state index contributed by atoms with van der Waals surface area (Å²) in [7, 11) is 0. The third-order valence-electron chi connectivity index (χ3n) is 5.10. The molecule has 1 aliphatic heterocycles. The van der Waals surface area contributed by atoms with E-state index in [1.807, 2.05) is 0 Å². The minimum atomic E-state index is 0.377. The van der Waals surface area contributed by atoms with Crippen LogP contribution in [0.1, 0.15) is 72.4 Å². The molecule has 0 unspecified atom stereocenters. The summed E-state index contributed by atoms with van der Waals surface area (Å²) >= 11 is 0. The van der Waals surface area contributed by atoms with Crippen LogP contribution in [0.3, 0.4) is 0 Å². The van der Waals surface area contributed by atoms with E-state index < -0.39 is 0 Å². The van der Waals surface area contributed by atoms with Crippen LogP contribution in [-0.4, -0.2) is 6.61 Å². The van der Waals surface area contributed by atoms with Crippen LogP contribution < -0.4 is 4.74 Å². The largest absolute Gasteiger partial charge is 0.492 e. The van der Waals surface area contributed by atoms with Crippen molar-refractivity contribution in [3.05, 3.63) is 63.7 Å². The standard InChI is InChI=1S/C22H28O/c1-6-7-19-15(4)12-16(5)21-20(13-23-22(19)21)18-10-8-17(9-11-18)14(2)3/h8-12,14,20H,6-7,13H2,1-5H3/t20-/m1/s1. The Bertz CT molecular complexity index is 695. The fourth-order valence-electron chi connectivity index (χ4n) is 3.80. The highest BCUT2D eigenvalue weighted by Crippen LogP contribution is 2.44. The van der Waals surface area contributed by atoms with E-state index in [4.69, 9.17) is 4.74 Å². The van der Waals surface area contributed by atoms with Crippen molar-refractivity contribution in [2.75, 3.05) is 6.61 Å². The van der Waals surface area contributed by atoms with Crippen molar-refractivity contribution in [1.82, 2.24) is 0 Å². The molecule has 1 heteroatoms. The maximum Gasteiger partial charge on any atom is 0.126 e. The summed E-state index contributed by atoms with van der Waals surface area (Å²) in [6.07, 6.45) is 2.26. The van der Waals surface area contributed by atoms with Gasteiger partial charge in [-0.3, -0.25) is 0 Å². The molecule has 0 amide bonds. The van der Waals surface area contributed by atoms with Crippen LogP contribution in [-0.2, 0) is 6.42 Å². The lowest BCUT2D eigenvalue weighted by Crippen LogP contribution is -2.04. The summed E-state index contributed by atoms with van der Waals surface area (Å²) in [6.45, 7) is 11.9. The molecule has 1 atom stereocenters. The molecule has 0 N–H and O–H groups in total. The Labute approximate surface area is 140 Å². The average molecular weight is 308 g/mol. The molecular weight excluding hydrogens is 280 g/mol. The van der Waals surface area contributed by atoms with Gasteiger partial charge in [0.2, 0.25) is 0 Å². The van der Waals surface area contributed by atoms with Gasteiger partial charge in [-0.2, -0.15) is 0 Å². The first kappa shape index (κ1) is 16.1. The summed E-state index contributed by atoms with van der Waals surface area (Å²) in [5.41, 5.74) is 8.35. The number of rotatable bonds is 4. The first-order valence-electron chi connectivity index (χ1n) is 8.88. The van der Waals surface area contributed by atoms with E-state index in [0.29, 0.717) is 11.8 Å². The fourth-order valence-corrected chi connectivity index (χ4v) is 3.80. The zero-order chi connectivity index (χ0) is 16.6. The van der Waals surface area contributed by atoms with Crippen molar-refractivity contribution in [3.63, 3.8) is 0 Å². The van der Waals surface area contributed by atoms with Crippen molar-refractivity contribution in [3.8, 4) is 5.75 Å². The third kappa shape index (κ3) is 2.89. The number of hydrogen-bond acceptors (Lipinski definition) is 1. The topological polar surface area (TPSA) is 9.23 Å². The minimum absolute atomic E-state index is 0.377. The quantitative estimate of drug-likeness (QED) is 0.683. The Balaban J connectivity index is 2.02. The molecule has 0 saturated heterocycles. The maximum absolute atomic E-state index is 6.19. The van der Waals surface area contributed by atoms with E-state index in [0.717, 1.165) is 19.4 Å². The van der Waals surface area contributed by atoms with E-state index in [1.54, 1.807) is 0 Å². The van der Waals surface area contributed by atoms with Gasteiger partial charge in [-0.15, -0.1) is 0 Å². The Morgan fingerprint density at radius 3 is 2.39 bits per heavy atom. The van der Waals surface area contributed by atoms with Gasteiger partial charge in [0.25, 0.3) is 0 Å². The van der Waals surface area contributed by atoms with Crippen molar-refractivity contribution >= 4 is 0 Å². The molecule has 0 bridgehead atoms. The summed E-state index contributed by atoms with van der Waals surface area (Å²) in [5.74, 6) is 2.13. The van der Waals surface area contributed by atoms with Gasteiger partial charge in [-0.25, -0.2) is 0 Å². The number of hydrogen-bond donors (Lipinski definition) is 0. The summed E-state index contributed by atoms with van der Waals surface area (Å²) in [4.78, 5) is 0. The lowest BCUT2D eigenvalue weighted by Gasteiger charge is -2.16. The van der Waals surface area contributed by atoms with Crippen LogP contribution in [0.15, 0.2) is 30.3 Å². The number of benzene rings is 2. The molecule has 0 saturated carbocycles. The van der Waals surface area contributed by atoms with Crippen LogP contribution >= 0.6 is 0 Å². The number of fused-ring (bicyclic) bond motifs is 1. The Hall–Kier alpha value is -1.76. The van der Waals surface area contributed by atoms with Gasteiger partial charge in [0.05, 0.1) is 6.61 Å². The van der Waals surface area contributed by atoms with Crippen LogP contribution in [0.25, 0.3) is 0 Å². The fraction of sp³-hybridized carbons (Fsp3) is 0.455. The average Bonchev–Trinajstić information content (AvgIpc) is 2.96. The molecule has 2 aromatic rings.